The Bertz CT molecular complexity index is 545. The molecule has 0 atom stereocenters. The molecule has 2 rings (SSSR count). The monoisotopic (exact) mass is 278 g/mol. The maximum atomic E-state index is 10.9. The minimum atomic E-state index is -0.950. The third-order valence-electron chi connectivity index (χ3n) is 2.63. The van der Waals surface area contributed by atoms with Crippen molar-refractivity contribution in [3.63, 3.8) is 0 Å². The Morgan fingerprint density at radius 2 is 2.00 bits per heavy atom. The van der Waals surface area contributed by atoms with E-state index in [1.54, 1.807) is 18.6 Å². The van der Waals surface area contributed by atoms with Crippen LogP contribution in [-0.4, -0.2) is 24.8 Å². The molecular weight excluding hydrogens is 264 g/mol. The molecule has 19 heavy (non-hydrogen) atoms. The van der Waals surface area contributed by atoms with E-state index in [-0.39, 0.29) is 4.88 Å². The molecule has 0 radical (unpaired) electrons. The van der Waals surface area contributed by atoms with Gasteiger partial charge in [-0.05, 0) is 29.1 Å². The van der Waals surface area contributed by atoms with E-state index >= 15 is 0 Å². The number of ether oxygens (including phenoxy) is 2. The summed E-state index contributed by atoms with van der Waals surface area (Å²) in [6, 6.07) is 9.40. The molecule has 0 bridgehead atoms. The summed E-state index contributed by atoms with van der Waals surface area (Å²) in [5, 5.41) is 10.7. The fourth-order valence-corrected chi connectivity index (χ4v) is 2.31. The summed E-state index contributed by atoms with van der Waals surface area (Å²) in [5.41, 5.74) is 1.12. The van der Waals surface area contributed by atoms with E-state index in [1.165, 1.54) is 11.3 Å². The molecule has 0 fully saturated rings. The van der Waals surface area contributed by atoms with E-state index in [4.69, 9.17) is 14.6 Å². The van der Waals surface area contributed by atoms with Gasteiger partial charge >= 0.3 is 5.97 Å². The van der Waals surface area contributed by atoms with Gasteiger partial charge < -0.3 is 14.6 Å². The van der Waals surface area contributed by atoms with Gasteiger partial charge in [0.15, 0.2) is 4.88 Å². The molecule has 100 valence electrons. The van der Waals surface area contributed by atoms with Crippen LogP contribution < -0.4 is 9.47 Å². The van der Waals surface area contributed by atoms with Crippen LogP contribution in [0, 0.1) is 0 Å². The Balaban J connectivity index is 1.89. The normalized spacial score (nSPS) is 10.2. The van der Waals surface area contributed by atoms with Gasteiger partial charge in [-0.1, -0.05) is 12.1 Å². The average molecular weight is 278 g/mol. The lowest BCUT2D eigenvalue weighted by molar-refractivity contribution is 0.0698. The largest absolute Gasteiger partial charge is 0.497 e. The predicted molar refractivity (Wildman–Crippen MR) is 73.5 cm³/mol. The van der Waals surface area contributed by atoms with Crippen molar-refractivity contribution in [2.75, 3.05) is 13.7 Å². The van der Waals surface area contributed by atoms with Gasteiger partial charge in [0.2, 0.25) is 0 Å². The Morgan fingerprint density at radius 1 is 1.26 bits per heavy atom. The maximum Gasteiger partial charge on any atom is 0.349 e. The van der Waals surface area contributed by atoms with E-state index < -0.39 is 5.97 Å². The summed E-state index contributed by atoms with van der Waals surface area (Å²) in [7, 11) is 1.63. The lowest BCUT2D eigenvalue weighted by Crippen LogP contribution is -2.04. The molecule has 0 amide bonds. The third kappa shape index (κ3) is 3.48. The molecule has 0 aliphatic rings. The van der Waals surface area contributed by atoms with Crippen LogP contribution in [0.15, 0.2) is 35.7 Å². The first kappa shape index (κ1) is 13.4. The van der Waals surface area contributed by atoms with Gasteiger partial charge in [0.25, 0.3) is 0 Å². The van der Waals surface area contributed by atoms with Crippen molar-refractivity contribution in [2.45, 2.75) is 6.42 Å². The van der Waals surface area contributed by atoms with Gasteiger partial charge in [-0.2, -0.15) is 0 Å². The summed E-state index contributed by atoms with van der Waals surface area (Å²) in [4.78, 5) is 11.1. The van der Waals surface area contributed by atoms with Crippen molar-refractivity contribution < 1.29 is 19.4 Å². The molecule has 5 heteroatoms. The highest BCUT2D eigenvalue weighted by molar-refractivity contribution is 7.12. The number of methoxy groups -OCH3 is 1. The van der Waals surface area contributed by atoms with Crippen LogP contribution in [-0.2, 0) is 6.42 Å². The van der Waals surface area contributed by atoms with Gasteiger partial charge in [-0.3, -0.25) is 0 Å². The molecule has 1 aromatic heterocycles. The number of thiophene rings is 1. The van der Waals surface area contributed by atoms with E-state index in [9.17, 15) is 4.79 Å². The minimum absolute atomic E-state index is 0.245. The van der Waals surface area contributed by atoms with Crippen molar-refractivity contribution in [1.29, 1.82) is 0 Å². The standard InChI is InChI=1S/C14H14O4S/c1-17-11-4-2-10(3-5-11)6-8-18-12-7-9-19-13(12)14(15)16/h2-5,7,9H,6,8H2,1H3,(H,15,16). The van der Waals surface area contributed by atoms with Gasteiger partial charge in [0.1, 0.15) is 11.5 Å². The highest BCUT2D eigenvalue weighted by Gasteiger charge is 2.12. The second-order valence-corrected chi connectivity index (χ2v) is 4.78. The molecule has 4 nitrogen and oxygen atoms in total. The number of aromatic carboxylic acids is 1. The summed E-state index contributed by atoms with van der Waals surface area (Å²) < 4.78 is 10.6. The second kappa shape index (κ2) is 6.24. The molecule has 0 unspecified atom stereocenters. The van der Waals surface area contributed by atoms with Crippen LogP contribution in [0.3, 0.4) is 0 Å². The lowest BCUT2D eigenvalue weighted by Gasteiger charge is -2.06. The van der Waals surface area contributed by atoms with E-state index in [0.717, 1.165) is 17.7 Å². The Morgan fingerprint density at radius 3 is 2.63 bits per heavy atom. The quantitative estimate of drug-likeness (QED) is 0.882. The topological polar surface area (TPSA) is 55.8 Å². The Labute approximate surface area is 115 Å². The smallest absolute Gasteiger partial charge is 0.349 e. The van der Waals surface area contributed by atoms with Crippen molar-refractivity contribution in [1.82, 2.24) is 0 Å². The SMILES string of the molecule is COc1ccc(CCOc2ccsc2C(=O)O)cc1. The Hall–Kier alpha value is -2.01. The summed E-state index contributed by atoms with van der Waals surface area (Å²) in [6.07, 6.45) is 0.721. The zero-order valence-electron chi connectivity index (χ0n) is 10.5. The molecule has 1 heterocycles. The van der Waals surface area contributed by atoms with Gasteiger partial charge in [0, 0.05) is 6.42 Å². The Kier molecular flexibility index (Phi) is 4.41. The molecule has 2 aromatic rings. The van der Waals surface area contributed by atoms with E-state index in [0.29, 0.717) is 12.4 Å². The van der Waals surface area contributed by atoms with Crippen LogP contribution in [0.25, 0.3) is 0 Å². The zero-order valence-corrected chi connectivity index (χ0v) is 11.3. The minimum Gasteiger partial charge on any atom is -0.497 e. The number of hydrogen-bond donors (Lipinski definition) is 1. The third-order valence-corrected chi connectivity index (χ3v) is 3.51. The van der Waals surface area contributed by atoms with Crippen LogP contribution in [0.1, 0.15) is 15.2 Å². The molecule has 0 aliphatic heterocycles. The zero-order chi connectivity index (χ0) is 13.7. The number of carboxylic acid groups (broad SMARTS) is 1. The van der Waals surface area contributed by atoms with Gasteiger partial charge in [-0.15, -0.1) is 11.3 Å². The second-order valence-electron chi connectivity index (χ2n) is 3.87. The van der Waals surface area contributed by atoms with Crippen molar-refractivity contribution in [2.24, 2.45) is 0 Å². The van der Waals surface area contributed by atoms with Crippen LogP contribution in [0.2, 0.25) is 0 Å². The maximum absolute atomic E-state index is 10.9. The fourth-order valence-electron chi connectivity index (χ4n) is 1.64. The molecule has 1 aromatic carbocycles. The van der Waals surface area contributed by atoms with Gasteiger partial charge in [0.05, 0.1) is 13.7 Å². The molecular formula is C14H14O4S. The van der Waals surface area contributed by atoms with Crippen LogP contribution in [0.5, 0.6) is 11.5 Å². The highest BCUT2D eigenvalue weighted by Crippen LogP contribution is 2.24. The number of carboxylic acids is 1. The molecule has 0 saturated carbocycles. The molecule has 0 spiro atoms. The molecule has 0 saturated heterocycles. The summed E-state index contributed by atoms with van der Waals surface area (Å²) >= 11 is 1.17. The van der Waals surface area contributed by atoms with Crippen molar-refractivity contribution in [3.05, 3.63) is 46.2 Å². The lowest BCUT2D eigenvalue weighted by atomic mass is 10.1. The van der Waals surface area contributed by atoms with Crippen molar-refractivity contribution >= 4 is 17.3 Å². The number of hydrogen-bond acceptors (Lipinski definition) is 4. The highest BCUT2D eigenvalue weighted by atomic mass is 32.1. The first-order valence-corrected chi connectivity index (χ1v) is 6.65. The number of carbonyl (C=O) groups is 1. The van der Waals surface area contributed by atoms with Crippen LogP contribution in [0.4, 0.5) is 0 Å². The first-order chi connectivity index (χ1) is 9.20. The van der Waals surface area contributed by atoms with E-state index in [2.05, 4.69) is 0 Å². The van der Waals surface area contributed by atoms with Crippen molar-refractivity contribution in [3.8, 4) is 11.5 Å². The van der Waals surface area contributed by atoms with E-state index in [1.807, 2.05) is 24.3 Å². The summed E-state index contributed by atoms with van der Waals surface area (Å²) in [5.74, 6) is 0.302. The fraction of sp³-hybridized carbons (Fsp3) is 0.214. The molecule has 1 N–H and O–H groups in total. The first-order valence-electron chi connectivity index (χ1n) is 5.77. The van der Waals surface area contributed by atoms with Crippen LogP contribution >= 0.6 is 11.3 Å². The average Bonchev–Trinajstić information content (AvgIpc) is 2.88. The number of benzene rings is 1. The number of rotatable bonds is 6. The predicted octanol–water partition coefficient (Wildman–Crippen LogP) is 3.08. The summed E-state index contributed by atoms with van der Waals surface area (Å²) in [6.45, 7) is 0.448. The van der Waals surface area contributed by atoms with Gasteiger partial charge in [-0.25, -0.2) is 4.79 Å². The molecule has 0 aliphatic carbocycles.